The van der Waals surface area contributed by atoms with E-state index in [1.54, 1.807) is 0 Å². The molecular formula is C15H16N2O4. The van der Waals surface area contributed by atoms with Crippen LogP contribution < -0.4 is 10.6 Å². The summed E-state index contributed by atoms with van der Waals surface area (Å²) in [6.07, 6.45) is 0.941. The fourth-order valence-electron chi connectivity index (χ4n) is 1.75. The van der Waals surface area contributed by atoms with Gasteiger partial charge in [-0.2, -0.15) is 0 Å². The minimum atomic E-state index is -1.14. The normalized spacial score (nSPS) is 10.1. The summed E-state index contributed by atoms with van der Waals surface area (Å²) in [7, 11) is 0. The Kier molecular flexibility index (Phi) is 4.61. The summed E-state index contributed by atoms with van der Waals surface area (Å²) in [5, 5.41) is 14.0. The summed E-state index contributed by atoms with van der Waals surface area (Å²) in [6, 6.07) is 10.0. The third-order valence-corrected chi connectivity index (χ3v) is 2.92. The first kappa shape index (κ1) is 14.6. The Balaban J connectivity index is 1.84. The number of nitrogens with one attached hydrogen (secondary N) is 2. The molecule has 1 aromatic carbocycles. The fourth-order valence-corrected chi connectivity index (χ4v) is 1.75. The third-order valence-electron chi connectivity index (χ3n) is 2.92. The molecule has 0 aliphatic rings. The molecule has 6 heteroatoms. The highest BCUT2D eigenvalue weighted by Crippen LogP contribution is 2.10. The zero-order valence-corrected chi connectivity index (χ0v) is 11.6. The summed E-state index contributed by atoms with van der Waals surface area (Å²) in [5.41, 5.74) is 1.88. The van der Waals surface area contributed by atoms with Gasteiger partial charge in [0.05, 0.1) is 6.54 Å². The highest BCUT2D eigenvalue weighted by molar-refractivity contribution is 5.89. The van der Waals surface area contributed by atoms with Crippen LogP contribution in [0, 0.1) is 0 Å². The van der Waals surface area contributed by atoms with E-state index in [0.717, 1.165) is 6.42 Å². The van der Waals surface area contributed by atoms with Crippen LogP contribution in [0.2, 0.25) is 0 Å². The van der Waals surface area contributed by atoms with E-state index < -0.39 is 5.97 Å². The van der Waals surface area contributed by atoms with Crippen molar-refractivity contribution in [3.8, 4) is 0 Å². The van der Waals surface area contributed by atoms with E-state index in [-0.39, 0.29) is 18.3 Å². The van der Waals surface area contributed by atoms with E-state index in [1.165, 1.54) is 17.7 Å². The molecule has 1 aromatic heterocycles. The van der Waals surface area contributed by atoms with Crippen molar-refractivity contribution in [2.24, 2.45) is 0 Å². The SMILES string of the molecule is CCc1ccc(NC(=O)NCc2ccc(C(=O)O)o2)cc1. The smallest absolute Gasteiger partial charge is 0.371 e. The number of carboxylic acid groups (broad SMARTS) is 1. The lowest BCUT2D eigenvalue weighted by atomic mass is 10.1. The van der Waals surface area contributed by atoms with Gasteiger partial charge in [-0.05, 0) is 36.2 Å². The van der Waals surface area contributed by atoms with Crippen LogP contribution >= 0.6 is 0 Å². The van der Waals surface area contributed by atoms with Gasteiger partial charge in [0.25, 0.3) is 0 Å². The molecule has 0 bridgehead atoms. The lowest BCUT2D eigenvalue weighted by molar-refractivity contribution is 0.0660. The quantitative estimate of drug-likeness (QED) is 0.789. The molecule has 6 nitrogen and oxygen atoms in total. The predicted molar refractivity (Wildman–Crippen MR) is 77.3 cm³/mol. The Morgan fingerprint density at radius 2 is 1.86 bits per heavy atom. The molecule has 1 heterocycles. The summed E-state index contributed by atoms with van der Waals surface area (Å²) in [6.45, 7) is 2.18. The van der Waals surface area contributed by atoms with E-state index >= 15 is 0 Å². The predicted octanol–water partition coefficient (Wildman–Crippen LogP) is 2.86. The second kappa shape index (κ2) is 6.60. The number of rotatable bonds is 5. The van der Waals surface area contributed by atoms with Crippen molar-refractivity contribution >= 4 is 17.7 Å². The zero-order valence-electron chi connectivity index (χ0n) is 11.6. The molecule has 0 aliphatic carbocycles. The summed E-state index contributed by atoms with van der Waals surface area (Å²) in [5.74, 6) is -0.909. The number of carboxylic acids is 1. The first-order chi connectivity index (χ1) is 10.1. The van der Waals surface area contributed by atoms with Crippen molar-refractivity contribution < 1.29 is 19.1 Å². The highest BCUT2D eigenvalue weighted by Gasteiger charge is 2.09. The number of carbonyl (C=O) groups is 2. The minimum Gasteiger partial charge on any atom is -0.475 e. The minimum absolute atomic E-state index is 0.117. The van der Waals surface area contributed by atoms with Crippen LogP contribution in [0.25, 0.3) is 0 Å². The van der Waals surface area contributed by atoms with Gasteiger partial charge >= 0.3 is 12.0 Å². The van der Waals surface area contributed by atoms with Crippen LogP contribution in [0.4, 0.5) is 10.5 Å². The average molecular weight is 288 g/mol. The summed E-state index contributed by atoms with van der Waals surface area (Å²) in [4.78, 5) is 22.4. The van der Waals surface area contributed by atoms with Crippen LogP contribution in [-0.4, -0.2) is 17.1 Å². The fraction of sp³-hybridized carbons (Fsp3) is 0.200. The maximum atomic E-state index is 11.7. The molecule has 0 saturated carbocycles. The van der Waals surface area contributed by atoms with Crippen LogP contribution in [0.1, 0.15) is 28.8 Å². The molecule has 0 radical (unpaired) electrons. The van der Waals surface area contributed by atoms with Crippen molar-refractivity contribution in [2.45, 2.75) is 19.9 Å². The highest BCUT2D eigenvalue weighted by atomic mass is 16.4. The Labute approximate surface area is 121 Å². The number of aryl methyl sites for hydroxylation is 1. The van der Waals surface area contributed by atoms with Gasteiger partial charge in [-0.3, -0.25) is 0 Å². The van der Waals surface area contributed by atoms with Gasteiger partial charge < -0.3 is 20.2 Å². The van der Waals surface area contributed by atoms with E-state index in [2.05, 4.69) is 17.6 Å². The van der Waals surface area contributed by atoms with E-state index in [9.17, 15) is 9.59 Å². The van der Waals surface area contributed by atoms with Crippen molar-refractivity contribution in [2.75, 3.05) is 5.32 Å². The molecular weight excluding hydrogens is 272 g/mol. The van der Waals surface area contributed by atoms with E-state index in [0.29, 0.717) is 11.4 Å². The van der Waals surface area contributed by atoms with Crippen LogP contribution in [0.3, 0.4) is 0 Å². The van der Waals surface area contributed by atoms with Crippen LogP contribution in [0.15, 0.2) is 40.8 Å². The van der Waals surface area contributed by atoms with E-state index in [4.69, 9.17) is 9.52 Å². The third kappa shape index (κ3) is 4.10. The number of carbonyl (C=O) groups excluding carboxylic acids is 1. The number of aromatic carboxylic acids is 1. The Morgan fingerprint density at radius 1 is 1.14 bits per heavy atom. The molecule has 2 rings (SSSR count). The van der Waals surface area contributed by atoms with Gasteiger partial charge in [-0.1, -0.05) is 19.1 Å². The molecule has 110 valence electrons. The first-order valence-electron chi connectivity index (χ1n) is 6.54. The van der Waals surface area contributed by atoms with Gasteiger partial charge in [-0.25, -0.2) is 9.59 Å². The molecule has 0 saturated heterocycles. The van der Waals surface area contributed by atoms with Crippen molar-refractivity contribution in [1.82, 2.24) is 5.32 Å². The lowest BCUT2D eigenvalue weighted by Crippen LogP contribution is -2.27. The molecule has 0 unspecified atom stereocenters. The standard InChI is InChI=1S/C15H16N2O4/c1-2-10-3-5-11(6-4-10)17-15(20)16-9-12-7-8-13(21-12)14(18)19/h3-8H,2,9H2,1H3,(H,18,19)(H2,16,17,20). The first-order valence-corrected chi connectivity index (χ1v) is 6.54. The number of anilines is 1. The molecule has 0 aliphatic heterocycles. The molecule has 0 spiro atoms. The Bertz CT molecular complexity index is 631. The van der Waals surface area contributed by atoms with Crippen molar-refractivity contribution in [3.63, 3.8) is 0 Å². The monoisotopic (exact) mass is 288 g/mol. The number of benzene rings is 1. The average Bonchev–Trinajstić information content (AvgIpc) is 2.95. The van der Waals surface area contributed by atoms with Gasteiger partial charge in [0, 0.05) is 5.69 Å². The van der Waals surface area contributed by atoms with Gasteiger partial charge in [0.2, 0.25) is 5.76 Å². The van der Waals surface area contributed by atoms with E-state index in [1.807, 2.05) is 24.3 Å². The Morgan fingerprint density at radius 3 is 2.43 bits per heavy atom. The Hall–Kier alpha value is -2.76. The van der Waals surface area contributed by atoms with Crippen LogP contribution in [-0.2, 0) is 13.0 Å². The maximum Gasteiger partial charge on any atom is 0.371 e. The topological polar surface area (TPSA) is 91.6 Å². The largest absolute Gasteiger partial charge is 0.475 e. The van der Waals surface area contributed by atoms with Gasteiger partial charge in [0.1, 0.15) is 5.76 Å². The molecule has 0 fully saturated rings. The molecule has 2 amide bonds. The molecule has 2 aromatic rings. The molecule has 21 heavy (non-hydrogen) atoms. The second-order valence-electron chi connectivity index (χ2n) is 4.43. The summed E-state index contributed by atoms with van der Waals surface area (Å²) >= 11 is 0. The number of hydrogen-bond donors (Lipinski definition) is 3. The molecule has 3 N–H and O–H groups in total. The summed E-state index contributed by atoms with van der Waals surface area (Å²) < 4.78 is 5.03. The van der Waals surface area contributed by atoms with Crippen molar-refractivity contribution in [3.05, 3.63) is 53.5 Å². The molecule has 0 atom stereocenters. The zero-order chi connectivity index (χ0) is 15.2. The van der Waals surface area contributed by atoms with Crippen molar-refractivity contribution in [1.29, 1.82) is 0 Å². The number of urea groups is 1. The maximum absolute atomic E-state index is 11.7. The lowest BCUT2D eigenvalue weighted by Gasteiger charge is -2.07. The van der Waals surface area contributed by atoms with Gasteiger partial charge in [-0.15, -0.1) is 0 Å². The second-order valence-corrected chi connectivity index (χ2v) is 4.43. The number of hydrogen-bond acceptors (Lipinski definition) is 3. The van der Waals surface area contributed by atoms with Crippen LogP contribution in [0.5, 0.6) is 0 Å². The number of amides is 2. The van der Waals surface area contributed by atoms with Gasteiger partial charge in [0.15, 0.2) is 0 Å². The number of furan rings is 1.